The predicted molar refractivity (Wildman–Crippen MR) is 116 cm³/mol. The molecule has 2 aliphatic rings. The van der Waals surface area contributed by atoms with Gasteiger partial charge in [-0.25, -0.2) is 8.42 Å². The number of nitrogens with one attached hydrogen (secondary N) is 3. The Bertz CT molecular complexity index is 1220. The molecule has 2 aromatic rings. The Hall–Kier alpha value is -2.64. The molecular formula is C23H23F6N3O3S. The number of rotatable bonds is 5. The van der Waals surface area contributed by atoms with Gasteiger partial charge >= 0.3 is 12.4 Å². The maximum atomic E-state index is 13.4. The summed E-state index contributed by atoms with van der Waals surface area (Å²) in [6, 6.07) is 5.11. The molecule has 36 heavy (non-hydrogen) atoms. The van der Waals surface area contributed by atoms with E-state index in [2.05, 4.69) is 16.0 Å². The Labute approximate surface area is 203 Å². The van der Waals surface area contributed by atoms with E-state index in [4.69, 9.17) is 0 Å². The number of hydrogen-bond acceptors (Lipinski definition) is 5. The van der Waals surface area contributed by atoms with E-state index in [1.165, 1.54) is 12.1 Å². The summed E-state index contributed by atoms with van der Waals surface area (Å²) in [5, 5.41) is 9.37. The van der Waals surface area contributed by atoms with E-state index in [1.807, 2.05) is 0 Å². The van der Waals surface area contributed by atoms with Crippen LogP contribution < -0.4 is 16.0 Å². The first-order valence-corrected chi connectivity index (χ1v) is 12.6. The maximum absolute atomic E-state index is 13.4. The Balaban J connectivity index is 1.48. The highest BCUT2D eigenvalue weighted by atomic mass is 32.2. The molecule has 2 heterocycles. The van der Waals surface area contributed by atoms with Crippen LogP contribution in [0.4, 0.5) is 26.3 Å². The van der Waals surface area contributed by atoms with Gasteiger partial charge in [-0.3, -0.25) is 4.79 Å². The lowest BCUT2D eigenvalue weighted by Crippen LogP contribution is -2.45. The number of benzene rings is 2. The summed E-state index contributed by atoms with van der Waals surface area (Å²) in [6.45, 7) is 1.79. The summed E-state index contributed by atoms with van der Waals surface area (Å²) < 4.78 is 105. The largest absolute Gasteiger partial charge is 0.417 e. The number of amides is 1. The van der Waals surface area contributed by atoms with Crippen LogP contribution in [0.2, 0.25) is 0 Å². The molecule has 0 radical (unpaired) electrons. The van der Waals surface area contributed by atoms with Crippen molar-refractivity contribution in [2.75, 3.05) is 13.1 Å². The van der Waals surface area contributed by atoms with Crippen LogP contribution in [-0.2, 0) is 33.5 Å². The smallest absolute Gasteiger partial charge is 0.351 e. The van der Waals surface area contributed by atoms with Crippen molar-refractivity contribution in [3.05, 3.63) is 59.2 Å². The van der Waals surface area contributed by atoms with Crippen molar-refractivity contribution in [2.45, 2.75) is 53.6 Å². The van der Waals surface area contributed by atoms with Gasteiger partial charge in [0.05, 0.1) is 27.0 Å². The van der Waals surface area contributed by atoms with Crippen LogP contribution in [-0.4, -0.2) is 39.5 Å². The second kappa shape index (κ2) is 9.67. The number of piperidine rings is 1. The van der Waals surface area contributed by atoms with E-state index in [0.717, 1.165) is 31.6 Å². The SMILES string of the molecule is O=C(NCc1ccc(S(=O)(=O)c2ccc(C(F)(F)F)cc2C(F)(F)F)cc1)C1CC2CNCCC2N1. The van der Waals surface area contributed by atoms with E-state index in [9.17, 15) is 39.6 Å². The van der Waals surface area contributed by atoms with Gasteiger partial charge in [0.25, 0.3) is 0 Å². The molecule has 3 atom stereocenters. The molecule has 2 aromatic carbocycles. The zero-order valence-corrected chi connectivity index (χ0v) is 19.5. The number of fused-ring (bicyclic) bond motifs is 1. The lowest BCUT2D eigenvalue weighted by molar-refractivity contribution is -0.144. The van der Waals surface area contributed by atoms with Crippen molar-refractivity contribution in [3.8, 4) is 0 Å². The van der Waals surface area contributed by atoms with Gasteiger partial charge in [0.1, 0.15) is 0 Å². The first-order chi connectivity index (χ1) is 16.8. The Morgan fingerprint density at radius 2 is 1.69 bits per heavy atom. The molecule has 6 nitrogen and oxygen atoms in total. The summed E-state index contributed by atoms with van der Waals surface area (Å²) in [5.41, 5.74) is -3.00. The van der Waals surface area contributed by atoms with Gasteiger partial charge in [-0.05, 0) is 67.7 Å². The van der Waals surface area contributed by atoms with Crippen molar-refractivity contribution >= 4 is 15.7 Å². The minimum Gasteiger partial charge on any atom is -0.351 e. The summed E-state index contributed by atoms with van der Waals surface area (Å²) in [4.78, 5) is 10.7. The van der Waals surface area contributed by atoms with Crippen LogP contribution in [0.5, 0.6) is 0 Å². The first-order valence-electron chi connectivity index (χ1n) is 11.1. The van der Waals surface area contributed by atoms with E-state index in [-0.39, 0.29) is 30.6 Å². The number of halogens is 6. The molecule has 13 heteroatoms. The Morgan fingerprint density at radius 3 is 2.31 bits per heavy atom. The topological polar surface area (TPSA) is 87.3 Å². The lowest BCUT2D eigenvalue weighted by Gasteiger charge is -2.25. The minimum atomic E-state index is -5.32. The molecule has 1 amide bonds. The number of hydrogen-bond donors (Lipinski definition) is 3. The molecular weight excluding hydrogens is 512 g/mol. The Morgan fingerprint density at radius 1 is 1.00 bits per heavy atom. The molecule has 0 bridgehead atoms. The monoisotopic (exact) mass is 535 g/mol. The van der Waals surface area contributed by atoms with Crippen LogP contribution in [0, 0.1) is 5.92 Å². The van der Waals surface area contributed by atoms with Gasteiger partial charge in [0.15, 0.2) is 0 Å². The minimum absolute atomic E-state index is 0.0685. The number of sulfone groups is 1. The highest BCUT2D eigenvalue weighted by molar-refractivity contribution is 7.91. The van der Waals surface area contributed by atoms with Gasteiger partial charge in [-0.1, -0.05) is 12.1 Å². The standard InChI is InChI=1S/C23H23F6N3O3S/c24-22(25,26)15-3-6-20(17(10-15)23(27,28)29)36(34,35)16-4-1-13(2-5-16)11-31-21(33)19-9-14-12-30-8-7-18(14)32-19/h1-6,10,14,18-19,30,32H,7-9,11-12H2,(H,31,33). The molecule has 2 fully saturated rings. The van der Waals surface area contributed by atoms with Gasteiger partial charge in [-0.2, -0.15) is 26.3 Å². The molecule has 2 saturated heterocycles. The summed E-state index contributed by atoms with van der Waals surface area (Å²) in [5.74, 6) is 0.159. The van der Waals surface area contributed by atoms with Crippen LogP contribution in [0.1, 0.15) is 29.5 Å². The summed E-state index contributed by atoms with van der Waals surface area (Å²) in [6.07, 6.45) is -8.78. The molecule has 196 valence electrons. The van der Waals surface area contributed by atoms with Gasteiger partial charge in [-0.15, -0.1) is 0 Å². The fourth-order valence-corrected chi connectivity index (χ4v) is 6.05. The molecule has 2 aliphatic heterocycles. The molecule has 0 saturated carbocycles. The average molecular weight is 536 g/mol. The number of carbonyl (C=O) groups is 1. The highest BCUT2D eigenvalue weighted by Crippen LogP contribution is 2.40. The molecule has 0 spiro atoms. The highest BCUT2D eigenvalue weighted by Gasteiger charge is 2.41. The predicted octanol–water partition coefficient (Wildman–Crippen LogP) is 3.51. The van der Waals surface area contributed by atoms with Crippen LogP contribution in [0.3, 0.4) is 0 Å². The van der Waals surface area contributed by atoms with Gasteiger partial charge < -0.3 is 16.0 Å². The van der Waals surface area contributed by atoms with Crippen molar-refractivity contribution < 1.29 is 39.6 Å². The fraction of sp³-hybridized carbons (Fsp3) is 0.435. The van der Waals surface area contributed by atoms with E-state index < -0.39 is 43.1 Å². The third kappa shape index (κ3) is 5.52. The molecule has 3 unspecified atom stereocenters. The van der Waals surface area contributed by atoms with E-state index in [1.54, 1.807) is 0 Å². The van der Waals surface area contributed by atoms with Crippen molar-refractivity contribution in [3.63, 3.8) is 0 Å². The van der Waals surface area contributed by atoms with E-state index >= 15 is 0 Å². The lowest BCUT2D eigenvalue weighted by atomic mass is 9.94. The normalized spacial score (nSPS) is 22.8. The summed E-state index contributed by atoms with van der Waals surface area (Å²) >= 11 is 0. The van der Waals surface area contributed by atoms with E-state index in [0.29, 0.717) is 30.0 Å². The molecule has 0 aromatic heterocycles. The fourth-order valence-electron chi connectivity index (χ4n) is 4.59. The second-order valence-electron chi connectivity index (χ2n) is 8.89. The quantitative estimate of drug-likeness (QED) is 0.511. The van der Waals surface area contributed by atoms with Crippen LogP contribution in [0.15, 0.2) is 52.3 Å². The Kier molecular flexibility index (Phi) is 7.10. The van der Waals surface area contributed by atoms with Gasteiger partial charge in [0, 0.05) is 12.6 Å². The van der Waals surface area contributed by atoms with Crippen LogP contribution in [0.25, 0.3) is 0 Å². The zero-order valence-electron chi connectivity index (χ0n) is 18.7. The summed E-state index contributed by atoms with van der Waals surface area (Å²) in [7, 11) is -4.78. The van der Waals surface area contributed by atoms with Crippen molar-refractivity contribution in [1.29, 1.82) is 0 Å². The molecule has 3 N–H and O–H groups in total. The van der Waals surface area contributed by atoms with Crippen molar-refractivity contribution in [2.24, 2.45) is 5.92 Å². The first kappa shape index (κ1) is 26.4. The number of alkyl halides is 6. The number of carbonyl (C=O) groups excluding carboxylic acids is 1. The molecule has 4 rings (SSSR count). The molecule has 0 aliphatic carbocycles. The zero-order chi connectivity index (χ0) is 26.3. The third-order valence-electron chi connectivity index (χ3n) is 6.48. The van der Waals surface area contributed by atoms with Gasteiger partial charge in [0.2, 0.25) is 15.7 Å². The van der Waals surface area contributed by atoms with Crippen molar-refractivity contribution in [1.82, 2.24) is 16.0 Å². The van der Waals surface area contributed by atoms with Crippen LogP contribution >= 0.6 is 0 Å². The second-order valence-corrected chi connectivity index (χ2v) is 10.8. The average Bonchev–Trinajstić information content (AvgIpc) is 3.26. The third-order valence-corrected chi connectivity index (χ3v) is 8.31. The maximum Gasteiger partial charge on any atom is 0.417 e.